The van der Waals surface area contributed by atoms with Gasteiger partial charge in [0.2, 0.25) is 0 Å². The first-order valence-corrected chi connectivity index (χ1v) is 9.59. The van der Waals surface area contributed by atoms with Gasteiger partial charge in [-0.15, -0.1) is 0 Å². The van der Waals surface area contributed by atoms with Crippen LogP contribution in [0.1, 0.15) is 18.9 Å². The van der Waals surface area contributed by atoms with Crippen molar-refractivity contribution in [3.8, 4) is 17.0 Å². The Balaban J connectivity index is 1.93. The van der Waals surface area contributed by atoms with Crippen LogP contribution in [-0.4, -0.2) is 25.6 Å². The van der Waals surface area contributed by atoms with Crippen LogP contribution in [0.5, 0.6) is 5.75 Å². The summed E-state index contributed by atoms with van der Waals surface area (Å²) in [6, 6.07) is 9.76. The number of phenols is 1. The molecule has 2 heterocycles. The van der Waals surface area contributed by atoms with Crippen LogP contribution >= 0.6 is 11.6 Å². The summed E-state index contributed by atoms with van der Waals surface area (Å²) in [5.74, 6) is 0.0359. The van der Waals surface area contributed by atoms with Crippen LogP contribution in [-0.2, 0) is 0 Å². The molecule has 110 valence electrons. The van der Waals surface area contributed by atoms with Crippen LogP contribution in [0.25, 0.3) is 22.3 Å². The van der Waals surface area contributed by atoms with E-state index in [0.29, 0.717) is 22.3 Å². The second-order valence-electron chi connectivity index (χ2n) is 5.31. The maximum absolute atomic E-state index is 10.1. The first kappa shape index (κ1) is 14.3. The van der Waals surface area contributed by atoms with Crippen molar-refractivity contribution in [3.05, 3.63) is 39.1 Å². The molecule has 1 fully saturated rings. The van der Waals surface area contributed by atoms with Gasteiger partial charge >= 0.3 is 144 Å². The fourth-order valence-electron chi connectivity index (χ4n) is 2.63. The Hall–Kier alpha value is -1.28. The van der Waals surface area contributed by atoms with Gasteiger partial charge < -0.3 is 0 Å². The van der Waals surface area contributed by atoms with Crippen molar-refractivity contribution < 1.29 is 26.1 Å². The predicted octanol–water partition coefficient (Wildman–Crippen LogP) is 0.134. The van der Waals surface area contributed by atoms with Crippen LogP contribution in [0.4, 0.5) is 0 Å². The van der Waals surface area contributed by atoms with E-state index in [1.807, 2.05) is 12.1 Å². The number of fused-ring (bicyclic) bond motifs is 1. The zero-order chi connectivity index (χ0) is 15.3. The molecule has 1 aliphatic carbocycles. The number of halogens is 2. The fourth-order valence-corrected chi connectivity index (χ4v) is 4.23. The van der Waals surface area contributed by atoms with Crippen LogP contribution < -0.4 is 21.0 Å². The van der Waals surface area contributed by atoms with Crippen molar-refractivity contribution in [1.82, 2.24) is 14.8 Å². The maximum atomic E-state index is 10.1. The molecule has 0 unspecified atom stereocenters. The van der Waals surface area contributed by atoms with E-state index in [4.69, 9.17) is 17.3 Å². The third-order valence-corrected chi connectivity index (χ3v) is 5.61. The summed E-state index contributed by atoms with van der Waals surface area (Å²) in [6.07, 6.45) is 2.36. The molecule has 1 N–H and O–H groups in total. The van der Waals surface area contributed by atoms with E-state index in [9.17, 15) is 5.11 Å². The van der Waals surface area contributed by atoms with Crippen molar-refractivity contribution in [2.75, 3.05) is 0 Å². The molecule has 0 atom stereocenters. The van der Waals surface area contributed by atoms with Crippen molar-refractivity contribution in [1.29, 1.82) is 0 Å². The molecule has 1 aliphatic rings. The van der Waals surface area contributed by atoms with Gasteiger partial charge in [-0.25, -0.2) is 0 Å². The Labute approximate surface area is 143 Å². The van der Waals surface area contributed by atoms with E-state index in [2.05, 4.69) is 14.8 Å². The summed E-state index contributed by atoms with van der Waals surface area (Å²) in [4.78, 5) is 0. The van der Waals surface area contributed by atoms with Crippen LogP contribution in [0.15, 0.2) is 30.3 Å². The second kappa shape index (κ2) is 5.42. The number of aromatic nitrogens is 3. The summed E-state index contributed by atoms with van der Waals surface area (Å²) < 4.78 is 3.47. The van der Waals surface area contributed by atoms with Gasteiger partial charge in [0.25, 0.3) is 0 Å². The molecule has 0 spiro atoms. The molecule has 2 radical (unpaired) electrons. The average Bonchev–Trinajstić information content (AvgIpc) is 3.29. The summed E-state index contributed by atoms with van der Waals surface area (Å²) in [7, 11) is 0. The first-order chi connectivity index (χ1) is 10.7. The molecule has 0 amide bonds. The van der Waals surface area contributed by atoms with Crippen molar-refractivity contribution in [3.63, 3.8) is 0 Å². The number of phenolic OH excluding ortho intramolecular Hbond substituents is 1. The van der Waals surface area contributed by atoms with Crippen molar-refractivity contribution in [2.24, 2.45) is 0 Å². The monoisotopic (exact) mass is 422 g/mol. The number of para-hydroxylation sites is 1. The van der Waals surface area contributed by atoms with E-state index in [1.165, 1.54) is 16.5 Å². The topological polar surface area (TPSA) is 50.9 Å². The second-order valence-corrected chi connectivity index (χ2v) is 7.45. The quantitative estimate of drug-likeness (QED) is 0.483. The molecular weight excluding hydrogens is 411 g/mol. The molecule has 1 aromatic carbocycles. The van der Waals surface area contributed by atoms with E-state index >= 15 is 0 Å². The molecule has 22 heavy (non-hydrogen) atoms. The fraction of sp³-hybridized carbons (Fsp3) is 0.200. The minimum absolute atomic E-state index is 0.0359. The summed E-state index contributed by atoms with van der Waals surface area (Å²) in [6.45, 7) is 0. The van der Waals surface area contributed by atoms with Crippen LogP contribution in [0, 0.1) is 3.70 Å². The molecule has 0 saturated heterocycles. The van der Waals surface area contributed by atoms with E-state index in [1.54, 1.807) is 18.2 Å². The molecule has 4 rings (SSSR count). The molecule has 0 aliphatic heterocycles. The average molecular weight is 422 g/mol. The van der Waals surface area contributed by atoms with Gasteiger partial charge in [0.15, 0.2) is 0 Å². The number of hydrogen-bond acceptors (Lipinski definition) is 3. The molecule has 1 saturated carbocycles. The molecule has 4 nitrogen and oxygen atoms in total. The molecular formula is C15H11BClIN3O-. The summed E-state index contributed by atoms with van der Waals surface area (Å²) in [5.41, 5.74) is 9.06. The Morgan fingerprint density at radius 3 is 2.82 bits per heavy atom. The van der Waals surface area contributed by atoms with Gasteiger partial charge in [0.1, 0.15) is 0 Å². The van der Waals surface area contributed by atoms with Gasteiger partial charge in [-0.05, 0) is 0 Å². The van der Waals surface area contributed by atoms with Gasteiger partial charge in [0.05, 0.1) is 0 Å². The van der Waals surface area contributed by atoms with Gasteiger partial charge in [-0.2, -0.15) is 0 Å². The third kappa shape index (κ3) is 2.29. The number of aromatic hydroxyl groups is 1. The molecule has 0 bridgehead atoms. The minimum atomic E-state index is -0.506. The number of rotatable bonds is 3. The zero-order valence-electron chi connectivity index (χ0n) is 11.5. The van der Waals surface area contributed by atoms with Gasteiger partial charge in [-0.3, -0.25) is 0 Å². The van der Waals surface area contributed by atoms with Crippen molar-refractivity contribution >= 4 is 28.3 Å². The summed E-state index contributed by atoms with van der Waals surface area (Å²) in [5, 5.41) is 19.0. The molecule has 3 aromatic rings. The van der Waals surface area contributed by atoms with E-state index in [0.717, 1.165) is 11.0 Å². The van der Waals surface area contributed by atoms with E-state index < -0.39 is 21.0 Å². The standard InChI is InChI=1S/C15H11BClIN3O/c16-18-14-7-12-13(21(14)8-4-5-8)6-11(19-20-12)9-2-1-3-10(17)15(9)22/h1-3,6-8,22H,4-5H2/q-1. The van der Waals surface area contributed by atoms with Crippen LogP contribution in [0.2, 0.25) is 5.02 Å². The number of nitrogens with zero attached hydrogens (tertiary/aromatic N) is 3. The van der Waals surface area contributed by atoms with Gasteiger partial charge in [0, 0.05) is 0 Å². The van der Waals surface area contributed by atoms with Gasteiger partial charge in [-0.1, -0.05) is 0 Å². The van der Waals surface area contributed by atoms with E-state index in [-0.39, 0.29) is 5.75 Å². The summed E-state index contributed by atoms with van der Waals surface area (Å²) >= 11 is 5.48. The first-order valence-electron chi connectivity index (χ1n) is 6.89. The van der Waals surface area contributed by atoms with Crippen LogP contribution in [0.3, 0.4) is 0 Å². The molecule has 2 aromatic heterocycles. The Kier molecular flexibility index (Phi) is 3.53. The normalized spacial score (nSPS) is 14.8. The third-order valence-electron chi connectivity index (χ3n) is 3.83. The zero-order valence-corrected chi connectivity index (χ0v) is 14.4. The number of hydrogen-bond donors (Lipinski definition) is 1. The predicted molar refractivity (Wildman–Crippen MR) is 82.4 cm³/mol. The number of benzene rings is 1. The molecule has 7 heteroatoms. The Bertz CT molecular complexity index is 879. The Morgan fingerprint density at radius 1 is 1.27 bits per heavy atom. The van der Waals surface area contributed by atoms with Crippen molar-refractivity contribution in [2.45, 2.75) is 18.9 Å². The Morgan fingerprint density at radius 2 is 2.09 bits per heavy atom. The SMILES string of the molecule is [B][I-]c1cc2nnc(-c3cccc(Cl)c3O)cc2n1C1CC1.